The van der Waals surface area contributed by atoms with E-state index in [2.05, 4.69) is 10.6 Å². The fourth-order valence-corrected chi connectivity index (χ4v) is 3.78. The molecule has 0 aliphatic carbocycles. The number of amides is 2. The van der Waals surface area contributed by atoms with Crippen LogP contribution in [0.25, 0.3) is 0 Å². The van der Waals surface area contributed by atoms with Crippen LogP contribution in [0, 0.1) is 0 Å². The Labute approximate surface area is 210 Å². The van der Waals surface area contributed by atoms with Crippen LogP contribution in [-0.2, 0) is 14.3 Å². The largest absolute Gasteiger partial charge is 0.493 e. The second-order valence-corrected chi connectivity index (χ2v) is 8.02. The van der Waals surface area contributed by atoms with Crippen molar-refractivity contribution in [3.63, 3.8) is 0 Å². The van der Waals surface area contributed by atoms with Crippen LogP contribution in [0.1, 0.15) is 46.4 Å². The summed E-state index contributed by atoms with van der Waals surface area (Å²) < 4.78 is 15.5. The highest BCUT2D eigenvalue weighted by Gasteiger charge is 2.24. The molecule has 3 aromatic rings. The molecule has 2 unspecified atom stereocenters. The summed E-state index contributed by atoms with van der Waals surface area (Å²) in [7, 11) is 4.33. The molecule has 0 aromatic heterocycles. The maximum Gasteiger partial charge on any atom is 0.307 e. The first-order chi connectivity index (χ1) is 17.4. The summed E-state index contributed by atoms with van der Waals surface area (Å²) in [5.41, 5.74) is 1.93. The number of benzene rings is 3. The van der Waals surface area contributed by atoms with Crippen LogP contribution in [0.5, 0.6) is 11.5 Å². The van der Waals surface area contributed by atoms with E-state index in [9.17, 15) is 14.4 Å². The fraction of sp³-hybridized carbons (Fsp3) is 0.250. The smallest absolute Gasteiger partial charge is 0.307 e. The zero-order chi connectivity index (χ0) is 25.9. The molecule has 0 aliphatic rings. The Morgan fingerprint density at radius 3 is 1.92 bits per heavy atom. The van der Waals surface area contributed by atoms with Gasteiger partial charge in [-0.1, -0.05) is 54.6 Å². The predicted octanol–water partition coefficient (Wildman–Crippen LogP) is 3.99. The minimum absolute atomic E-state index is 0.0342. The molecule has 2 atom stereocenters. The Morgan fingerprint density at radius 2 is 1.31 bits per heavy atom. The standard InChI is InChI=1S/C28H30N2O6/c1-34-24-15-14-21(16-25(24)35-2)23(18-27(32)36-3)29-26(31)17-22(19-10-6-4-7-11-19)30-28(33)20-12-8-5-9-13-20/h4-16,22-23H,17-18H2,1-3H3,(H,29,31)(H,30,33). The van der Waals surface area contributed by atoms with Crippen LogP contribution in [0.2, 0.25) is 0 Å². The number of carbonyl (C=O) groups is 3. The summed E-state index contributed by atoms with van der Waals surface area (Å²) in [6.07, 6.45) is -0.113. The average Bonchev–Trinajstić information content (AvgIpc) is 2.92. The lowest BCUT2D eigenvalue weighted by atomic mass is 10.00. The van der Waals surface area contributed by atoms with Gasteiger partial charge in [0.25, 0.3) is 5.91 Å². The van der Waals surface area contributed by atoms with E-state index in [1.54, 1.807) is 42.5 Å². The van der Waals surface area contributed by atoms with Crippen LogP contribution in [0.3, 0.4) is 0 Å². The number of methoxy groups -OCH3 is 3. The van der Waals surface area contributed by atoms with Gasteiger partial charge in [0.15, 0.2) is 11.5 Å². The molecule has 0 fully saturated rings. The summed E-state index contributed by atoms with van der Waals surface area (Å²) in [5, 5.41) is 5.86. The molecule has 8 nitrogen and oxygen atoms in total. The molecule has 0 spiro atoms. The van der Waals surface area contributed by atoms with Gasteiger partial charge < -0.3 is 24.8 Å². The molecule has 0 heterocycles. The van der Waals surface area contributed by atoms with Crippen LogP contribution < -0.4 is 20.1 Å². The van der Waals surface area contributed by atoms with E-state index in [1.807, 2.05) is 36.4 Å². The first-order valence-corrected chi connectivity index (χ1v) is 11.4. The topological polar surface area (TPSA) is 103 Å². The zero-order valence-corrected chi connectivity index (χ0v) is 20.5. The highest BCUT2D eigenvalue weighted by molar-refractivity contribution is 5.94. The maximum atomic E-state index is 13.2. The van der Waals surface area contributed by atoms with Crippen molar-refractivity contribution in [3.05, 3.63) is 95.6 Å². The van der Waals surface area contributed by atoms with Gasteiger partial charge in [-0.05, 0) is 35.4 Å². The Hall–Kier alpha value is -4.33. The van der Waals surface area contributed by atoms with Gasteiger partial charge in [-0.15, -0.1) is 0 Å². The molecule has 0 radical (unpaired) electrons. The molecule has 0 aliphatic heterocycles. The SMILES string of the molecule is COC(=O)CC(NC(=O)CC(NC(=O)c1ccccc1)c1ccccc1)c1ccc(OC)c(OC)c1. The predicted molar refractivity (Wildman–Crippen MR) is 135 cm³/mol. The van der Waals surface area contributed by atoms with E-state index in [4.69, 9.17) is 14.2 Å². The number of nitrogens with one attached hydrogen (secondary N) is 2. The molecule has 0 bridgehead atoms. The Kier molecular flexibility index (Phi) is 9.45. The molecule has 3 aromatic carbocycles. The monoisotopic (exact) mass is 490 g/mol. The van der Waals surface area contributed by atoms with Crippen LogP contribution in [0.15, 0.2) is 78.9 Å². The lowest BCUT2D eigenvalue weighted by molar-refractivity contribution is -0.141. The molecule has 0 saturated heterocycles. The molecule has 8 heteroatoms. The third kappa shape index (κ3) is 7.09. The van der Waals surface area contributed by atoms with Gasteiger partial charge in [0.1, 0.15) is 0 Å². The number of esters is 1. The summed E-state index contributed by atoms with van der Waals surface area (Å²) in [6.45, 7) is 0. The number of ether oxygens (including phenoxy) is 3. The maximum absolute atomic E-state index is 13.2. The lowest BCUT2D eigenvalue weighted by Gasteiger charge is -2.23. The molecular formula is C28H30N2O6. The minimum atomic E-state index is -0.675. The number of hydrogen-bond acceptors (Lipinski definition) is 6. The molecule has 36 heavy (non-hydrogen) atoms. The van der Waals surface area contributed by atoms with Gasteiger partial charge in [0.2, 0.25) is 5.91 Å². The van der Waals surface area contributed by atoms with Crippen molar-refractivity contribution >= 4 is 17.8 Å². The minimum Gasteiger partial charge on any atom is -0.493 e. The molecular weight excluding hydrogens is 460 g/mol. The number of carbonyl (C=O) groups excluding carboxylic acids is 3. The summed E-state index contributed by atoms with van der Waals surface area (Å²) >= 11 is 0. The van der Waals surface area contributed by atoms with E-state index in [0.717, 1.165) is 5.56 Å². The molecule has 188 valence electrons. The normalized spacial score (nSPS) is 12.1. The average molecular weight is 491 g/mol. The highest BCUT2D eigenvalue weighted by atomic mass is 16.5. The summed E-state index contributed by atoms with van der Waals surface area (Å²) in [5.74, 6) is -0.121. The van der Waals surface area contributed by atoms with Crippen LogP contribution in [-0.4, -0.2) is 39.1 Å². The van der Waals surface area contributed by atoms with Gasteiger partial charge in [-0.25, -0.2) is 0 Å². The first-order valence-electron chi connectivity index (χ1n) is 11.4. The third-order valence-electron chi connectivity index (χ3n) is 5.68. The third-order valence-corrected chi connectivity index (χ3v) is 5.68. The highest BCUT2D eigenvalue weighted by Crippen LogP contribution is 2.31. The fourth-order valence-electron chi connectivity index (χ4n) is 3.78. The lowest BCUT2D eigenvalue weighted by Crippen LogP contribution is -2.36. The molecule has 2 amide bonds. The van der Waals surface area contributed by atoms with E-state index < -0.39 is 18.1 Å². The van der Waals surface area contributed by atoms with Crippen molar-refractivity contribution < 1.29 is 28.6 Å². The molecule has 0 saturated carbocycles. The van der Waals surface area contributed by atoms with Gasteiger partial charge >= 0.3 is 5.97 Å². The van der Waals surface area contributed by atoms with E-state index in [0.29, 0.717) is 22.6 Å². The van der Waals surface area contributed by atoms with Crippen LogP contribution >= 0.6 is 0 Å². The number of hydrogen-bond donors (Lipinski definition) is 2. The Bertz CT molecular complexity index is 1170. The van der Waals surface area contributed by atoms with Crippen molar-refractivity contribution in [1.29, 1.82) is 0 Å². The zero-order valence-electron chi connectivity index (χ0n) is 20.5. The van der Waals surface area contributed by atoms with E-state index in [1.165, 1.54) is 21.3 Å². The Balaban J connectivity index is 1.82. The summed E-state index contributed by atoms with van der Waals surface area (Å²) in [6, 6.07) is 22.0. The van der Waals surface area contributed by atoms with Crippen molar-refractivity contribution in [3.8, 4) is 11.5 Å². The Morgan fingerprint density at radius 1 is 0.694 bits per heavy atom. The van der Waals surface area contributed by atoms with E-state index in [-0.39, 0.29) is 24.7 Å². The van der Waals surface area contributed by atoms with Crippen molar-refractivity contribution in [2.45, 2.75) is 24.9 Å². The van der Waals surface area contributed by atoms with Gasteiger partial charge in [0.05, 0.1) is 46.3 Å². The van der Waals surface area contributed by atoms with Gasteiger partial charge in [-0.3, -0.25) is 14.4 Å². The van der Waals surface area contributed by atoms with Gasteiger partial charge in [0, 0.05) is 5.56 Å². The van der Waals surface area contributed by atoms with Crippen LogP contribution in [0.4, 0.5) is 0 Å². The van der Waals surface area contributed by atoms with Gasteiger partial charge in [-0.2, -0.15) is 0 Å². The first kappa shape index (κ1) is 26.3. The van der Waals surface area contributed by atoms with E-state index >= 15 is 0 Å². The molecule has 3 rings (SSSR count). The number of rotatable bonds is 11. The summed E-state index contributed by atoms with van der Waals surface area (Å²) in [4.78, 5) is 38.2. The second kappa shape index (κ2) is 12.9. The van der Waals surface area contributed by atoms with Crippen molar-refractivity contribution in [2.24, 2.45) is 0 Å². The second-order valence-electron chi connectivity index (χ2n) is 8.02. The quantitative estimate of drug-likeness (QED) is 0.394. The van der Waals surface area contributed by atoms with Crippen molar-refractivity contribution in [2.75, 3.05) is 21.3 Å². The molecule has 2 N–H and O–H groups in total. The van der Waals surface area contributed by atoms with Crippen molar-refractivity contribution in [1.82, 2.24) is 10.6 Å².